The number of nitrogens with one attached hydrogen (secondary N) is 1. The van der Waals surface area contributed by atoms with Crippen molar-refractivity contribution in [3.05, 3.63) is 71.5 Å². The predicted octanol–water partition coefficient (Wildman–Crippen LogP) is 3.52. The minimum Gasteiger partial charge on any atom is -0.338 e. The number of amides is 2. The van der Waals surface area contributed by atoms with Crippen LogP contribution in [-0.2, 0) is 6.42 Å². The average molecular weight is 298 g/mol. The monoisotopic (exact) mass is 298 g/mol. The summed E-state index contributed by atoms with van der Waals surface area (Å²) >= 11 is 0. The first-order chi connectivity index (χ1) is 10.7. The van der Waals surface area contributed by atoms with E-state index >= 15 is 0 Å². The van der Waals surface area contributed by atoms with Crippen LogP contribution in [0.2, 0.25) is 0 Å². The van der Waals surface area contributed by atoms with Crippen molar-refractivity contribution in [2.24, 2.45) is 0 Å². The second kappa shape index (κ2) is 6.60. The Morgan fingerprint density at radius 2 is 1.86 bits per heavy atom. The van der Waals surface area contributed by atoms with Crippen molar-refractivity contribution in [3.63, 3.8) is 0 Å². The number of nitrogens with zero attached hydrogens (tertiary/aromatic N) is 1. The Morgan fingerprint density at radius 1 is 1.14 bits per heavy atom. The maximum absolute atomic E-state index is 12.8. The number of carbonyl (C=O) groups excluding carboxylic acids is 1. The summed E-state index contributed by atoms with van der Waals surface area (Å²) in [6, 6.07) is 16.6. The molecule has 0 aliphatic carbocycles. The summed E-state index contributed by atoms with van der Waals surface area (Å²) in [5.74, 6) is -0.237. The molecule has 0 radical (unpaired) electrons. The number of rotatable bonds is 4. The highest BCUT2D eigenvalue weighted by Gasteiger charge is 2.32. The lowest BCUT2D eigenvalue weighted by atomic mass is 9.95. The summed E-state index contributed by atoms with van der Waals surface area (Å²) in [6.45, 7) is 1.35. The van der Waals surface area contributed by atoms with Crippen molar-refractivity contribution >= 4 is 6.03 Å². The van der Waals surface area contributed by atoms with Gasteiger partial charge in [0.05, 0.1) is 6.04 Å². The fraction of sp³-hybridized carbons (Fsp3) is 0.278. The number of hydrogen-bond acceptors (Lipinski definition) is 1. The van der Waals surface area contributed by atoms with Crippen molar-refractivity contribution in [1.29, 1.82) is 0 Å². The molecule has 1 aliphatic rings. The van der Waals surface area contributed by atoms with Crippen LogP contribution in [0.5, 0.6) is 0 Å². The number of halogens is 1. The first-order valence-electron chi connectivity index (χ1n) is 7.58. The minimum absolute atomic E-state index is 0.0257. The van der Waals surface area contributed by atoms with Gasteiger partial charge in [-0.15, -0.1) is 0 Å². The summed E-state index contributed by atoms with van der Waals surface area (Å²) < 4.78 is 12.8. The van der Waals surface area contributed by atoms with Gasteiger partial charge in [0.15, 0.2) is 0 Å². The van der Waals surface area contributed by atoms with Crippen LogP contribution < -0.4 is 5.32 Å². The van der Waals surface area contributed by atoms with Crippen LogP contribution in [0, 0.1) is 5.82 Å². The van der Waals surface area contributed by atoms with Gasteiger partial charge in [0.2, 0.25) is 0 Å². The van der Waals surface area contributed by atoms with Crippen LogP contribution in [0.25, 0.3) is 0 Å². The molecule has 1 fully saturated rings. The van der Waals surface area contributed by atoms with E-state index < -0.39 is 0 Å². The van der Waals surface area contributed by atoms with E-state index in [2.05, 4.69) is 17.4 Å². The molecule has 0 bridgehead atoms. The lowest BCUT2D eigenvalue weighted by Gasteiger charge is -2.41. The normalized spacial score (nSPS) is 17.0. The number of hydrogen-bond donors (Lipinski definition) is 1. The van der Waals surface area contributed by atoms with E-state index in [1.807, 2.05) is 23.1 Å². The van der Waals surface area contributed by atoms with Crippen LogP contribution in [-0.4, -0.2) is 24.0 Å². The first kappa shape index (κ1) is 14.6. The van der Waals surface area contributed by atoms with E-state index in [1.54, 1.807) is 12.1 Å². The Balaban J connectivity index is 1.49. The molecule has 22 heavy (non-hydrogen) atoms. The second-order valence-electron chi connectivity index (χ2n) is 5.52. The summed E-state index contributed by atoms with van der Waals surface area (Å²) in [5, 5.41) is 2.94. The molecule has 2 amide bonds. The standard InChI is InChI=1S/C18H19FN2O/c19-16-8-6-14(7-9-16)10-12-20-18(22)21-13-11-17(21)15-4-2-1-3-5-15/h1-9,17H,10-13H2,(H,20,22)/t17-/m0/s1. The number of carbonyl (C=O) groups is 1. The summed E-state index contributed by atoms with van der Waals surface area (Å²) in [7, 11) is 0. The topological polar surface area (TPSA) is 32.3 Å². The molecule has 1 atom stereocenters. The molecule has 0 spiro atoms. The molecular weight excluding hydrogens is 279 g/mol. The van der Waals surface area contributed by atoms with Gasteiger partial charge in [0.25, 0.3) is 0 Å². The molecule has 2 aromatic carbocycles. The molecule has 1 saturated heterocycles. The Labute approximate surface area is 129 Å². The van der Waals surface area contributed by atoms with Crippen molar-refractivity contribution in [2.75, 3.05) is 13.1 Å². The smallest absolute Gasteiger partial charge is 0.317 e. The van der Waals surface area contributed by atoms with Crippen molar-refractivity contribution in [3.8, 4) is 0 Å². The zero-order chi connectivity index (χ0) is 15.4. The molecule has 114 valence electrons. The van der Waals surface area contributed by atoms with Crippen LogP contribution in [0.3, 0.4) is 0 Å². The molecule has 4 heteroatoms. The quantitative estimate of drug-likeness (QED) is 0.920. The highest BCUT2D eigenvalue weighted by atomic mass is 19.1. The molecule has 1 N–H and O–H groups in total. The van der Waals surface area contributed by atoms with E-state index in [4.69, 9.17) is 0 Å². The van der Waals surface area contributed by atoms with E-state index in [0.717, 1.165) is 18.5 Å². The van der Waals surface area contributed by atoms with Crippen LogP contribution >= 0.6 is 0 Å². The van der Waals surface area contributed by atoms with Crippen molar-refractivity contribution < 1.29 is 9.18 Å². The highest BCUT2D eigenvalue weighted by Crippen LogP contribution is 2.32. The fourth-order valence-corrected chi connectivity index (χ4v) is 2.72. The van der Waals surface area contributed by atoms with Gasteiger partial charge in [-0.1, -0.05) is 42.5 Å². The van der Waals surface area contributed by atoms with E-state index in [0.29, 0.717) is 13.0 Å². The van der Waals surface area contributed by atoms with Crippen LogP contribution in [0.1, 0.15) is 23.6 Å². The zero-order valence-electron chi connectivity index (χ0n) is 12.3. The van der Waals surface area contributed by atoms with Gasteiger partial charge in [0.1, 0.15) is 5.82 Å². The number of likely N-dealkylation sites (tertiary alicyclic amines) is 1. The largest absolute Gasteiger partial charge is 0.338 e. The van der Waals surface area contributed by atoms with Crippen LogP contribution in [0.4, 0.5) is 9.18 Å². The van der Waals surface area contributed by atoms with Crippen molar-refractivity contribution in [1.82, 2.24) is 10.2 Å². The molecule has 3 nitrogen and oxygen atoms in total. The lowest BCUT2D eigenvalue weighted by molar-refractivity contribution is 0.115. The number of benzene rings is 2. The molecule has 3 rings (SSSR count). The van der Waals surface area contributed by atoms with E-state index in [9.17, 15) is 9.18 Å². The van der Waals surface area contributed by atoms with Gasteiger partial charge in [-0.05, 0) is 36.1 Å². The fourth-order valence-electron chi connectivity index (χ4n) is 2.72. The zero-order valence-corrected chi connectivity index (χ0v) is 12.3. The molecular formula is C18H19FN2O. The summed E-state index contributed by atoms with van der Waals surface area (Å²) in [6.07, 6.45) is 1.71. The molecule has 0 aromatic heterocycles. The summed E-state index contributed by atoms with van der Waals surface area (Å²) in [4.78, 5) is 14.1. The third kappa shape index (κ3) is 3.27. The Kier molecular flexibility index (Phi) is 4.37. The maximum atomic E-state index is 12.8. The van der Waals surface area contributed by atoms with E-state index in [-0.39, 0.29) is 17.9 Å². The predicted molar refractivity (Wildman–Crippen MR) is 84.0 cm³/mol. The van der Waals surface area contributed by atoms with Crippen molar-refractivity contribution in [2.45, 2.75) is 18.9 Å². The highest BCUT2D eigenvalue weighted by molar-refractivity contribution is 5.75. The third-order valence-electron chi connectivity index (χ3n) is 4.07. The van der Waals surface area contributed by atoms with Gasteiger partial charge < -0.3 is 10.2 Å². The first-order valence-corrected chi connectivity index (χ1v) is 7.58. The van der Waals surface area contributed by atoms with E-state index in [1.165, 1.54) is 17.7 Å². The molecule has 1 heterocycles. The van der Waals surface area contributed by atoms with Gasteiger partial charge >= 0.3 is 6.03 Å². The maximum Gasteiger partial charge on any atom is 0.317 e. The average Bonchev–Trinajstić information content (AvgIpc) is 2.49. The Hall–Kier alpha value is -2.36. The van der Waals surface area contributed by atoms with Gasteiger partial charge in [-0.25, -0.2) is 9.18 Å². The SMILES string of the molecule is O=C(NCCc1ccc(F)cc1)N1CC[C@H]1c1ccccc1. The van der Waals surface area contributed by atoms with Gasteiger partial charge in [-0.2, -0.15) is 0 Å². The van der Waals surface area contributed by atoms with Gasteiger partial charge in [0, 0.05) is 13.1 Å². The Bertz CT molecular complexity index is 627. The molecule has 1 aliphatic heterocycles. The molecule has 2 aromatic rings. The second-order valence-corrected chi connectivity index (χ2v) is 5.52. The third-order valence-corrected chi connectivity index (χ3v) is 4.07. The lowest BCUT2D eigenvalue weighted by Crippen LogP contribution is -2.50. The van der Waals surface area contributed by atoms with Gasteiger partial charge in [-0.3, -0.25) is 0 Å². The van der Waals surface area contributed by atoms with Crippen LogP contribution in [0.15, 0.2) is 54.6 Å². The summed E-state index contributed by atoms with van der Waals surface area (Å²) in [5.41, 5.74) is 2.20. The number of urea groups is 1. The molecule has 0 unspecified atom stereocenters. The Morgan fingerprint density at radius 3 is 2.50 bits per heavy atom. The minimum atomic E-state index is -0.237. The molecule has 0 saturated carbocycles.